The summed E-state index contributed by atoms with van der Waals surface area (Å²) in [5.41, 5.74) is 1.80. The zero-order chi connectivity index (χ0) is 35.5. The summed E-state index contributed by atoms with van der Waals surface area (Å²) in [5, 5.41) is 3.52. The predicted octanol–water partition coefficient (Wildman–Crippen LogP) is 7.88. The number of halogens is 1. The summed E-state index contributed by atoms with van der Waals surface area (Å²) in [4.78, 5) is 30.2. The van der Waals surface area contributed by atoms with Crippen LogP contribution in [0.4, 0.5) is 5.69 Å². The van der Waals surface area contributed by atoms with Crippen LogP contribution >= 0.6 is 11.6 Å². The highest BCUT2D eigenvalue weighted by molar-refractivity contribution is 7.92. The molecule has 2 amide bonds. The van der Waals surface area contributed by atoms with Gasteiger partial charge in [-0.15, -0.1) is 0 Å². The van der Waals surface area contributed by atoms with Crippen LogP contribution in [0.1, 0.15) is 31.4 Å². The maximum absolute atomic E-state index is 14.7. The maximum atomic E-state index is 14.7. The molecule has 0 aromatic heterocycles. The Morgan fingerprint density at radius 2 is 1.34 bits per heavy atom. The molecule has 10 heteroatoms. The molecule has 5 aromatic rings. The van der Waals surface area contributed by atoms with Gasteiger partial charge in [0.2, 0.25) is 11.8 Å². The molecule has 0 aliphatic carbocycles. The van der Waals surface area contributed by atoms with Gasteiger partial charge >= 0.3 is 0 Å². The van der Waals surface area contributed by atoms with Crippen molar-refractivity contribution in [2.45, 2.75) is 50.2 Å². The van der Waals surface area contributed by atoms with Crippen molar-refractivity contribution < 1.29 is 22.7 Å². The lowest BCUT2D eigenvalue weighted by molar-refractivity contribution is -0.140. The zero-order valence-corrected chi connectivity index (χ0v) is 29.6. The molecule has 0 unspecified atom stereocenters. The Kier molecular flexibility index (Phi) is 12.3. The summed E-state index contributed by atoms with van der Waals surface area (Å²) in [7, 11) is -4.24. The molecule has 258 valence electrons. The van der Waals surface area contributed by atoms with Crippen molar-refractivity contribution in [3.8, 4) is 11.5 Å². The Hall–Kier alpha value is -5.12. The van der Waals surface area contributed by atoms with Crippen LogP contribution in [0.15, 0.2) is 144 Å². The highest BCUT2D eigenvalue weighted by Gasteiger charge is 2.35. The number of nitrogens with zero attached hydrogens (tertiary/aromatic N) is 2. The number of rotatable bonds is 15. The third-order valence-corrected chi connectivity index (χ3v) is 10.3. The molecule has 8 nitrogen and oxygen atoms in total. The fourth-order valence-electron chi connectivity index (χ4n) is 5.38. The van der Waals surface area contributed by atoms with Crippen LogP contribution in [0.2, 0.25) is 5.02 Å². The third-order valence-electron chi connectivity index (χ3n) is 8.23. The first-order valence-electron chi connectivity index (χ1n) is 16.4. The van der Waals surface area contributed by atoms with Crippen LogP contribution in [-0.2, 0) is 32.6 Å². The molecule has 0 aliphatic rings. The minimum absolute atomic E-state index is 0.0217. The molecular formula is C40H40ClN3O5S. The number of ether oxygens (including phenoxy) is 1. The number of nitrogens with one attached hydrogen (secondary N) is 1. The summed E-state index contributed by atoms with van der Waals surface area (Å²) in [6, 6.07) is 39.1. The molecule has 0 heterocycles. The van der Waals surface area contributed by atoms with E-state index in [1.807, 2.05) is 80.6 Å². The first kappa shape index (κ1) is 36.2. The molecule has 2 atom stereocenters. The molecule has 5 aromatic carbocycles. The van der Waals surface area contributed by atoms with Gasteiger partial charge in [0.15, 0.2) is 0 Å². The van der Waals surface area contributed by atoms with E-state index >= 15 is 0 Å². The molecule has 0 saturated carbocycles. The minimum atomic E-state index is -4.24. The van der Waals surface area contributed by atoms with Gasteiger partial charge in [-0.2, -0.15) is 0 Å². The van der Waals surface area contributed by atoms with E-state index in [1.54, 1.807) is 60.7 Å². The van der Waals surface area contributed by atoms with Crippen molar-refractivity contribution in [2.75, 3.05) is 10.8 Å². The Morgan fingerprint density at radius 3 is 1.96 bits per heavy atom. The Balaban J connectivity index is 1.55. The molecule has 0 saturated heterocycles. The maximum Gasteiger partial charge on any atom is 0.264 e. The Labute approximate surface area is 299 Å². The Bertz CT molecular complexity index is 1960. The third kappa shape index (κ3) is 9.52. The van der Waals surface area contributed by atoms with E-state index in [2.05, 4.69) is 5.32 Å². The van der Waals surface area contributed by atoms with Gasteiger partial charge in [0.05, 0.1) is 10.6 Å². The number of amides is 2. The van der Waals surface area contributed by atoms with E-state index in [0.29, 0.717) is 28.5 Å². The standard InChI is InChI=1S/C40H40ClN3O5S/c1-3-30(2)42-40(46)38(27-31-14-7-4-8-15-31)43(28-32-16-13-17-33(41)26-32)39(45)29-44(50(47,48)37-20-11-6-12-21-37)34-22-24-36(25-23-34)49-35-18-9-5-10-19-35/h4-26,30,38H,3,27-29H2,1-2H3,(H,42,46)/t30-,38-/m0/s1. The molecule has 50 heavy (non-hydrogen) atoms. The van der Waals surface area contributed by atoms with Crippen molar-refractivity contribution in [2.24, 2.45) is 0 Å². The number of carbonyl (C=O) groups excluding carboxylic acids is 2. The van der Waals surface area contributed by atoms with E-state index in [-0.39, 0.29) is 35.5 Å². The minimum Gasteiger partial charge on any atom is -0.457 e. The zero-order valence-electron chi connectivity index (χ0n) is 28.0. The fraction of sp³-hybridized carbons (Fsp3) is 0.200. The van der Waals surface area contributed by atoms with Gasteiger partial charge in [0, 0.05) is 24.0 Å². The first-order valence-corrected chi connectivity index (χ1v) is 18.2. The SMILES string of the molecule is CC[C@H](C)NC(=O)[C@H](Cc1ccccc1)N(Cc1cccc(Cl)c1)C(=O)CN(c1ccc(Oc2ccccc2)cc1)S(=O)(=O)c1ccccc1. The van der Waals surface area contributed by atoms with E-state index in [0.717, 1.165) is 9.87 Å². The van der Waals surface area contributed by atoms with Crippen molar-refractivity contribution in [1.29, 1.82) is 0 Å². The normalized spacial score (nSPS) is 12.4. The second-order valence-electron chi connectivity index (χ2n) is 11.9. The van der Waals surface area contributed by atoms with Crippen LogP contribution in [0.25, 0.3) is 0 Å². The number of hydrogen-bond donors (Lipinski definition) is 1. The van der Waals surface area contributed by atoms with Gasteiger partial charge in [-0.05, 0) is 85.1 Å². The highest BCUT2D eigenvalue weighted by Crippen LogP contribution is 2.29. The molecule has 0 bridgehead atoms. The van der Waals surface area contributed by atoms with Gasteiger partial charge in [0.25, 0.3) is 10.0 Å². The van der Waals surface area contributed by atoms with Crippen LogP contribution in [0.5, 0.6) is 11.5 Å². The molecule has 0 spiro atoms. The number of anilines is 1. The van der Waals surface area contributed by atoms with Crippen molar-refractivity contribution in [1.82, 2.24) is 10.2 Å². The number of sulfonamides is 1. The molecule has 1 N–H and O–H groups in total. The lowest BCUT2D eigenvalue weighted by Crippen LogP contribution is -2.54. The largest absolute Gasteiger partial charge is 0.457 e. The summed E-state index contributed by atoms with van der Waals surface area (Å²) in [6.07, 6.45) is 0.908. The van der Waals surface area contributed by atoms with Gasteiger partial charge in [0.1, 0.15) is 24.1 Å². The molecule has 0 radical (unpaired) electrons. The monoisotopic (exact) mass is 709 g/mol. The van der Waals surface area contributed by atoms with E-state index < -0.39 is 28.5 Å². The first-order chi connectivity index (χ1) is 24.1. The lowest BCUT2D eigenvalue weighted by atomic mass is 10.0. The fourth-order valence-corrected chi connectivity index (χ4v) is 7.03. The van der Waals surface area contributed by atoms with Gasteiger partial charge in [-0.3, -0.25) is 13.9 Å². The second-order valence-corrected chi connectivity index (χ2v) is 14.2. The van der Waals surface area contributed by atoms with Crippen molar-refractivity contribution in [3.63, 3.8) is 0 Å². The van der Waals surface area contributed by atoms with Crippen molar-refractivity contribution >= 4 is 39.1 Å². The summed E-state index contributed by atoms with van der Waals surface area (Å²) >= 11 is 6.34. The van der Waals surface area contributed by atoms with E-state index in [9.17, 15) is 18.0 Å². The van der Waals surface area contributed by atoms with E-state index in [1.165, 1.54) is 17.0 Å². The highest BCUT2D eigenvalue weighted by atomic mass is 35.5. The van der Waals surface area contributed by atoms with Crippen LogP contribution in [-0.4, -0.2) is 43.8 Å². The van der Waals surface area contributed by atoms with E-state index in [4.69, 9.17) is 16.3 Å². The smallest absolute Gasteiger partial charge is 0.264 e. The summed E-state index contributed by atoms with van der Waals surface area (Å²) in [6.45, 7) is 3.32. The lowest BCUT2D eigenvalue weighted by Gasteiger charge is -2.34. The predicted molar refractivity (Wildman–Crippen MR) is 198 cm³/mol. The molecule has 5 rings (SSSR count). The number of para-hydroxylation sites is 1. The van der Waals surface area contributed by atoms with Gasteiger partial charge < -0.3 is 15.0 Å². The number of benzene rings is 5. The van der Waals surface area contributed by atoms with Gasteiger partial charge in [-0.25, -0.2) is 8.42 Å². The average molecular weight is 710 g/mol. The van der Waals surface area contributed by atoms with Crippen LogP contribution < -0.4 is 14.4 Å². The van der Waals surface area contributed by atoms with Crippen molar-refractivity contribution in [3.05, 3.63) is 156 Å². The number of carbonyl (C=O) groups is 2. The van der Waals surface area contributed by atoms with Crippen LogP contribution in [0.3, 0.4) is 0 Å². The number of hydrogen-bond acceptors (Lipinski definition) is 5. The van der Waals surface area contributed by atoms with Crippen LogP contribution in [0, 0.1) is 0 Å². The molecular weight excluding hydrogens is 670 g/mol. The molecule has 0 fully saturated rings. The molecule has 0 aliphatic heterocycles. The second kappa shape index (κ2) is 17.0. The topological polar surface area (TPSA) is 96.0 Å². The quantitative estimate of drug-likeness (QED) is 0.119. The Morgan fingerprint density at radius 1 is 0.760 bits per heavy atom. The summed E-state index contributed by atoms with van der Waals surface area (Å²) < 4.78 is 35.6. The summed E-state index contributed by atoms with van der Waals surface area (Å²) in [5.74, 6) is 0.226. The average Bonchev–Trinajstić information content (AvgIpc) is 3.13. The van der Waals surface area contributed by atoms with Gasteiger partial charge in [-0.1, -0.05) is 97.4 Å².